The Balaban J connectivity index is 1.71. The van der Waals surface area contributed by atoms with Crippen molar-refractivity contribution in [3.63, 3.8) is 0 Å². The second kappa shape index (κ2) is 5.87. The van der Waals surface area contributed by atoms with E-state index < -0.39 is 11.2 Å². The molecule has 26 heavy (non-hydrogen) atoms. The zero-order valence-electron chi connectivity index (χ0n) is 15.5. The highest BCUT2D eigenvalue weighted by molar-refractivity contribution is 6.47. The van der Waals surface area contributed by atoms with Gasteiger partial charge in [0.05, 0.1) is 11.2 Å². The molecule has 1 heterocycles. The molecule has 1 aliphatic heterocycles. The summed E-state index contributed by atoms with van der Waals surface area (Å²) in [5.41, 5.74) is 1.49. The largest absolute Gasteiger partial charge is 0.456 e. The maximum Gasteiger partial charge on any atom is 0.330 e. The zero-order chi connectivity index (χ0) is 18.5. The summed E-state index contributed by atoms with van der Waals surface area (Å²) in [5, 5.41) is 12.6. The van der Waals surface area contributed by atoms with E-state index in [2.05, 4.69) is 30.3 Å². The van der Waals surface area contributed by atoms with Crippen molar-refractivity contribution in [1.29, 1.82) is 0 Å². The highest BCUT2D eigenvalue weighted by atomic mass is 16.5. The van der Waals surface area contributed by atoms with Gasteiger partial charge in [0.2, 0.25) is 0 Å². The summed E-state index contributed by atoms with van der Waals surface area (Å²) < 4.78 is 12.0. The average Bonchev–Trinajstić information content (AvgIpc) is 2.60. The van der Waals surface area contributed by atoms with Crippen molar-refractivity contribution in [2.24, 2.45) is 0 Å². The molecule has 0 fully saturated rings. The molecule has 3 aromatic carbocycles. The minimum absolute atomic E-state index is 0.702. The predicted octanol–water partition coefficient (Wildman–Crippen LogP) is 4.42. The predicted molar refractivity (Wildman–Crippen MR) is 106 cm³/mol. The van der Waals surface area contributed by atoms with E-state index in [9.17, 15) is 5.11 Å². The minimum atomic E-state index is -0.953. The fraction of sp³-hybridized carbons (Fsp3) is 0.273. The van der Waals surface area contributed by atoms with Crippen LogP contribution >= 0.6 is 0 Å². The molecule has 0 unspecified atom stereocenters. The van der Waals surface area contributed by atoms with E-state index in [1.54, 1.807) is 21.3 Å². The monoisotopic (exact) mass is 345 g/mol. The fourth-order valence-corrected chi connectivity index (χ4v) is 3.01. The minimum Gasteiger partial charge on any atom is -0.456 e. The molecule has 1 N–H and O–H groups in total. The topological polar surface area (TPSA) is 38.7 Å². The molecular formula is C22H22BO3. The average molecular weight is 345 g/mol. The molecule has 0 atom stereocenters. The van der Waals surface area contributed by atoms with Gasteiger partial charge in [-0.3, -0.25) is 0 Å². The van der Waals surface area contributed by atoms with E-state index in [-0.39, 0.29) is 0 Å². The molecule has 0 spiro atoms. The van der Waals surface area contributed by atoms with E-state index in [0.717, 1.165) is 33.5 Å². The van der Waals surface area contributed by atoms with Gasteiger partial charge in [-0.2, -0.15) is 0 Å². The molecule has 0 bridgehead atoms. The van der Waals surface area contributed by atoms with Crippen LogP contribution in [0.1, 0.15) is 27.7 Å². The first-order valence-electron chi connectivity index (χ1n) is 8.84. The summed E-state index contributed by atoms with van der Waals surface area (Å²) in [7, 11) is 1.71. The first kappa shape index (κ1) is 17.1. The Morgan fingerprint density at radius 1 is 0.885 bits per heavy atom. The molecular weight excluding hydrogens is 323 g/mol. The molecule has 1 aliphatic rings. The van der Waals surface area contributed by atoms with Crippen LogP contribution in [0.3, 0.4) is 0 Å². The summed E-state index contributed by atoms with van der Waals surface area (Å²) in [4.78, 5) is 0. The Morgan fingerprint density at radius 3 is 2.35 bits per heavy atom. The maximum absolute atomic E-state index is 10.3. The van der Waals surface area contributed by atoms with Crippen molar-refractivity contribution in [2.45, 2.75) is 38.9 Å². The summed E-state index contributed by atoms with van der Waals surface area (Å²) in [6, 6.07) is 18.4. The van der Waals surface area contributed by atoms with E-state index in [4.69, 9.17) is 9.39 Å². The molecule has 0 saturated carbocycles. The quantitative estimate of drug-likeness (QED) is 0.557. The third-order valence-corrected chi connectivity index (χ3v) is 5.34. The van der Waals surface area contributed by atoms with Gasteiger partial charge in [0.15, 0.2) is 0 Å². The smallest absolute Gasteiger partial charge is 0.330 e. The SMILES string of the molecule is CC(C)(O)C(C)(C)O[B]c1ccc2c(c1)-c1cccc3cccc(c13)O2. The van der Waals surface area contributed by atoms with Crippen molar-refractivity contribution in [3.8, 4) is 22.6 Å². The van der Waals surface area contributed by atoms with Crippen LogP contribution in [0.5, 0.6) is 11.5 Å². The lowest BCUT2D eigenvalue weighted by Crippen LogP contribution is -2.49. The van der Waals surface area contributed by atoms with E-state index in [1.807, 2.05) is 38.1 Å². The Labute approximate surface area is 154 Å². The van der Waals surface area contributed by atoms with Gasteiger partial charge in [0, 0.05) is 10.9 Å². The molecule has 0 saturated heterocycles. The van der Waals surface area contributed by atoms with Gasteiger partial charge >= 0.3 is 7.48 Å². The van der Waals surface area contributed by atoms with Gasteiger partial charge in [0.1, 0.15) is 11.5 Å². The van der Waals surface area contributed by atoms with Gasteiger partial charge in [0.25, 0.3) is 0 Å². The maximum atomic E-state index is 10.3. The number of ether oxygens (including phenoxy) is 1. The Morgan fingerprint density at radius 2 is 1.62 bits per heavy atom. The summed E-state index contributed by atoms with van der Waals surface area (Å²) in [5.74, 6) is 1.73. The normalized spacial score (nSPS) is 13.3. The van der Waals surface area contributed by atoms with Crippen molar-refractivity contribution < 1.29 is 14.5 Å². The molecule has 131 valence electrons. The highest BCUT2D eigenvalue weighted by Gasteiger charge is 2.35. The summed E-state index contributed by atoms with van der Waals surface area (Å²) in [6.45, 7) is 7.25. The molecule has 0 aromatic heterocycles. The Kier molecular flexibility index (Phi) is 3.87. The standard InChI is InChI=1S/C22H22BO3/c1-21(2,24)22(3,4)26-23-15-11-12-18-17(13-15)16-9-5-7-14-8-6-10-19(25-18)20(14)16/h5-13,24H,1-4H3. The van der Waals surface area contributed by atoms with Crippen molar-refractivity contribution in [3.05, 3.63) is 54.6 Å². The zero-order valence-corrected chi connectivity index (χ0v) is 15.5. The Hall–Kier alpha value is -2.30. The molecule has 4 rings (SSSR count). The van der Waals surface area contributed by atoms with Crippen LogP contribution in [-0.2, 0) is 4.65 Å². The van der Waals surface area contributed by atoms with E-state index in [1.165, 1.54) is 5.39 Å². The number of benzene rings is 3. The number of aliphatic hydroxyl groups is 1. The molecule has 3 aromatic rings. The highest BCUT2D eigenvalue weighted by Crippen LogP contribution is 2.45. The lowest BCUT2D eigenvalue weighted by atomic mass is 9.81. The first-order valence-corrected chi connectivity index (χ1v) is 8.84. The van der Waals surface area contributed by atoms with Crippen LogP contribution in [0.2, 0.25) is 0 Å². The molecule has 0 amide bonds. The summed E-state index contributed by atoms with van der Waals surface area (Å²) in [6.07, 6.45) is 0. The molecule has 0 aliphatic carbocycles. The van der Waals surface area contributed by atoms with Gasteiger partial charge in [-0.25, -0.2) is 0 Å². The molecule has 3 nitrogen and oxygen atoms in total. The van der Waals surface area contributed by atoms with Gasteiger partial charge in [-0.05, 0) is 50.8 Å². The van der Waals surface area contributed by atoms with Gasteiger partial charge in [-0.15, -0.1) is 0 Å². The van der Waals surface area contributed by atoms with E-state index in [0.29, 0.717) is 0 Å². The van der Waals surface area contributed by atoms with Crippen molar-refractivity contribution >= 4 is 23.7 Å². The third-order valence-electron chi connectivity index (χ3n) is 5.34. The van der Waals surface area contributed by atoms with Crippen LogP contribution in [0.4, 0.5) is 0 Å². The van der Waals surface area contributed by atoms with Crippen LogP contribution in [-0.4, -0.2) is 23.8 Å². The lowest BCUT2D eigenvalue weighted by Gasteiger charge is -2.37. The third kappa shape index (κ3) is 2.79. The van der Waals surface area contributed by atoms with Gasteiger partial charge in [-0.1, -0.05) is 47.9 Å². The first-order chi connectivity index (χ1) is 12.3. The van der Waals surface area contributed by atoms with Crippen LogP contribution < -0.4 is 10.2 Å². The van der Waals surface area contributed by atoms with E-state index >= 15 is 0 Å². The van der Waals surface area contributed by atoms with Gasteiger partial charge < -0.3 is 14.5 Å². The number of fused-ring (bicyclic) bond motifs is 2. The van der Waals surface area contributed by atoms with Crippen molar-refractivity contribution in [2.75, 3.05) is 0 Å². The second-order valence-corrected chi connectivity index (χ2v) is 7.82. The van der Waals surface area contributed by atoms with Crippen LogP contribution in [0.25, 0.3) is 21.9 Å². The second-order valence-electron chi connectivity index (χ2n) is 7.82. The number of hydrogen-bond donors (Lipinski definition) is 1. The van der Waals surface area contributed by atoms with Crippen LogP contribution in [0, 0.1) is 0 Å². The fourth-order valence-electron chi connectivity index (χ4n) is 3.01. The molecule has 4 heteroatoms. The lowest BCUT2D eigenvalue weighted by molar-refractivity contribution is -0.0893. The molecule has 1 radical (unpaired) electrons. The van der Waals surface area contributed by atoms with Crippen LogP contribution in [0.15, 0.2) is 54.6 Å². The number of hydrogen-bond acceptors (Lipinski definition) is 3. The number of rotatable bonds is 4. The summed E-state index contributed by atoms with van der Waals surface area (Å²) >= 11 is 0. The Bertz CT molecular complexity index is 981. The van der Waals surface area contributed by atoms with Crippen molar-refractivity contribution in [1.82, 2.24) is 0 Å².